The lowest BCUT2D eigenvalue weighted by atomic mass is 10.1. The van der Waals surface area contributed by atoms with Gasteiger partial charge in [0.25, 0.3) is 0 Å². The van der Waals surface area contributed by atoms with Crippen LogP contribution in [0.15, 0.2) is 22.7 Å². The van der Waals surface area contributed by atoms with Gasteiger partial charge in [0.05, 0.1) is 24.8 Å². The third-order valence-electron chi connectivity index (χ3n) is 2.41. The second-order valence-electron chi connectivity index (χ2n) is 3.57. The van der Waals surface area contributed by atoms with Crippen LogP contribution < -0.4 is 5.32 Å². The Labute approximate surface area is 101 Å². The van der Waals surface area contributed by atoms with Gasteiger partial charge in [0.2, 0.25) is 5.91 Å². The largest absolute Gasteiger partial charge is 0.380 e. The normalized spacial score (nSPS) is 15.3. The maximum absolute atomic E-state index is 11.6. The fourth-order valence-electron chi connectivity index (χ4n) is 1.37. The second kappa shape index (κ2) is 4.76. The predicted octanol–water partition coefficient (Wildman–Crippen LogP) is 1.85. The lowest BCUT2D eigenvalue weighted by Crippen LogP contribution is -2.38. The lowest BCUT2D eigenvalue weighted by Gasteiger charge is -2.24. The molecular weight excluding hydrogens is 274 g/mol. The molecule has 84 valence electrons. The van der Waals surface area contributed by atoms with Gasteiger partial charge in [-0.25, -0.2) is 0 Å². The number of hydrogen-bond donors (Lipinski definition) is 1. The number of aldehydes is 1. The number of hydrogen-bond acceptors (Lipinski definition) is 3. The molecule has 0 aliphatic carbocycles. The maximum Gasteiger partial charge on any atom is 0.232 e. The highest BCUT2D eigenvalue weighted by Crippen LogP contribution is 2.21. The molecule has 1 aliphatic rings. The number of carbonyl (C=O) groups is 2. The minimum Gasteiger partial charge on any atom is -0.380 e. The van der Waals surface area contributed by atoms with Crippen LogP contribution >= 0.6 is 15.9 Å². The molecule has 2 rings (SSSR count). The molecule has 1 saturated heterocycles. The Hall–Kier alpha value is -1.20. The highest BCUT2D eigenvalue weighted by Gasteiger charge is 2.26. The summed E-state index contributed by atoms with van der Waals surface area (Å²) in [7, 11) is 0. The van der Waals surface area contributed by atoms with Crippen molar-refractivity contribution in [3.8, 4) is 0 Å². The van der Waals surface area contributed by atoms with Crippen LogP contribution in [0, 0.1) is 5.92 Å². The summed E-state index contributed by atoms with van der Waals surface area (Å²) >= 11 is 3.27. The summed E-state index contributed by atoms with van der Waals surface area (Å²) < 4.78 is 5.74. The average Bonchev–Trinajstić information content (AvgIpc) is 2.18. The number of ether oxygens (including phenoxy) is 1. The standard InChI is InChI=1S/C11H10BrNO3/c12-9-1-2-10(7(3-9)4-14)13-11(15)8-5-16-6-8/h1-4,8H,5-6H2,(H,13,15). The van der Waals surface area contributed by atoms with Crippen molar-refractivity contribution in [2.45, 2.75) is 0 Å². The van der Waals surface area contributed by atoms with Crippen LogP contribution in [0.25, 0.3) is 0 Å². The quantitative estimate of drug-likeness (QED) is 0.862. The summed E-state index contributed by atoms with van der Waals surface area (Å²) in [6.45, 7) is 0.914. The summed E-state index contributed by atoms with van der Waals surface area (Å²) in [6.07, 6.45) is 0.720. The molecule has 0 aromatic heterocycles. The Morgan fingerprint density at radius 2 is 2.25 bits per heavy atom. The van der Waals surface area contributed by atoms with Gasteiger partial charge in [-0.05, 0) is 18.2 Å². The van der Waals surface area contributed by atoms with E-state index in [1.165, 1.54) is 0 Å². The van der Waals surface area contributed by atoms with Gasteiger partial charge in [-0.15, -0.1) is 0 Å². The van der Waals surface area contributed by atoms with Crippen molar-refractivity contribution in [1.29, 1.82) is 0 Å². The Morgan fingerprint density at radius 1 is 1.50 bits per heavy atom. The van der Waals surface area contributed by atoms with Crippen LogP contribution in [0.1, 0.15) is 10.4 Å². The van der Waals surface area contributed by atoms with E-state index >= 15 is 0 Å². The van der Waals surface area contributed by atoms with E-state index < -0.39 is 0 Å². The molecule has 5 heteroatoms. The van der Waals surface area contributed by atoms with E-state index in [0.29, 0.717) is 24.5 Å². The average molecular weight is 284 g/mol. The van der Waals surface area contributed by atoms with Crippen LogP contribution in [0.5, 0.6) is 0 Å². The Morgan fingerprint density at radius 3 is 2.81 bits per heavy atom. The molecule has 0 bridgehead atoms. The van der Waals surface area contributed by atoms with Gasteiger partial charge in [-0.1, -0.05) is 15.9 Å². The summed E-state index contributed by atoms with van der Waals surface area (Å²) in [4.78, 5) is 22.4. The van der Waals surface area contributed by atoms with Crippen LogP contribution in [-0.2, 0) is 9.53 Å². The molecular formula is C11H10BrNO3. The van der Waals surface area contributed by atoms with Crippen LogP contribution in [0.4, 0.5) is 5.69 Å². The predicted molar refractivity (Wildman–Crippen MR) is 62.5 cm³/mol. The SMILES string of the molecule is O=Cc1cc(Br)ccc1NC(=O)C1COC1. The van der Waals surface area contributed by atoms with Gasteiger partial charge >= 0.3 is 0 Å². The van der Waals surface area contributed by atoms with Crippen molar-refractivity contribution in [2.75, 3.05) is 18.5 Å². The Bertz CT molecular complexity index is 429. The number of rotatable bonds is 3. The van der Waals surface area contributed by atoms with Crippen LogP contribution in [-0.4, -0.2) is 25.4 Å². The maximum atomic E-state index is 11.6. The molecule has 0 radical (unpaired) electrons. The van der Waals surface area contributed by atoms with E-state index in [-0.39, 0.29) is 11.8 Å². The van der Waals surface area contributed by atoms with Crippen molar-refractivity contribution in [3.63, 3.8) is 0 Å². The molecule has 0 saturated carbocycles. The third kappa shape index (κ3) is 2.31. The summed E-state index contributed by atoms with van der Waals surface area (Å²) in [5.41, 5.74) is 0.998. The van der Waals surface area contributed by atoms with Gasteiger partial charge < -0.3 is 10.1 Å². The minimum atomic E-state index is -0.100. The van der Waals surface area contributed by atoms with Gasteiger partial charge in [0, 0.05) is 10.0 Å². The molecule has 1 amide bonds. The van der Waals surface area contributed by atoms with E-state index in [1.807, 2.05) is 0 Å². The van der Waals surface area contributed by atoms with E-state index in [2.05, 4.69) is 21.2 Å². The number of amides is 1. The van der Waals surface area contributed by atoms with Gasteiger partial charge in [0.15, 0.2) is 6.29 Å². The first kappa shape index (κ1) is 11.3. The van der Waals surface area contributed by atoms with Gasteiger partial charge in [-0.2, -0.15) is 0 Å². The first-order valence-electron chi connectivity index (χ1n) is 4.84. The van der Waals surface area contributed by atoms with E-state index in [9.17, 15) is 9.59 Å². The highest BCUT2D eigenvalue weighted by molar-refractivity contribution is 9.10. The van der Waals surface area contributed by atoms with Crippen LogP contribution in [0.2, 0.25) is 0 Å². The van der Waals surface area contributed by atoms with Crippen molar-refractivity contribution in [2.24, 2.45) is 5.92 Å². The topological polar surface area (TPSA) is 55.4 Å². The molecule has 1 aromatic rings. The number of nitrogens with one attached hydrogen (secondary N) is 1. The number of carbonyl (C=O) groups excluding carboxylic acids is 2. The summed E-state index contributed by atoms with van der Waals surface area (Å²) in [5, 5.41) is 2.72. The van der Waals surface area contributed by atoms with Crippen molar-refractivity contribution in [3.05, 3.63) is 28.2 Å². The smallest absolute Gasteiger partial charge is 0.232 e. The first-order chi connectivity index (χ1) is 7.70. The zero-order chi connectivity index (χ0) is 11.5. The molecule has 0 spiro atoms. The molecule has 16 heavy (non-hydrogen) atoms. The molecule has 1 fully saturated rings. The number of benzene rings is 1. The van der Waals surface area contributed by atoms with Crippen molar-refractivity contribution < 1.29 is 14.3 Å². The van der Waals surface area contributed by atoms with Crippen molar-refractivity contribution >= 4 is 33.8 Å². The van der Waals surface area contributed by atoms with E-state index in [0.717, 1.165) is 10.8 Å². The zero-order valence-electron chi connectivity index (χ0n) is 8.40. The third-order valence-corrected chi connectivity index (χ3v) is 2.90. The molecule has 1 N–H and O–H groups in total. The van der Waals surface area contributed by atoms with Gasteiger partial charge in [0.1, 0.15) is 0 Å². The Balaban J connectivity index is 2.13. The zero-order valence-corrected chi connectivity index (χ0v) is 9.99. The minimum absolute atomic E-state index is 0.0943. The number of halogens is 1. The summed E-state index contributed by atoms with van der Waals surface area (Å²) in [6, 6.07) is 5.14. The summed E-state index contributed by atoms with van der Waals surface area (Å²) in [5.74, 6) is -0.195. The molecule has 1 aliphatic heterocycles. The van der Waals surface area contributed by atoms with Gasteiger partial charge in [-0.3, -0.25) is 9.59 Å². The molecule has 1 aromatic carbocycles. The Kier molecular flexibility index (Phi) is 3.36. The second-order valence-corrected chi connectivity index (χ2v) is 4.49. The first-order valence-corrected chi connectivity index (χ1v) is 5.63. The molecule has 1 heterocycles. The fourth-order valence-corrected chi connectivity index (χ4v) is 1.75. The number of anilines is 1. The molecule has 0 unspecified atom stereocenters. The molecule has 0 atom stereocenters. The highest BCUT2D eigenvalue weighted by atomic mass is 79.9. The fraction of sp³-hybridized carbons (Fsp3) is 0.273. The monoisotopic (exact) mass is 283 g/mol. The van der Waals surface area contributed by atoms with Crippen LogP contribution in [0.3, 0.4) is 0 Å². The lowest BCUT2D eigenvalue weighted by molar-refractivity contribution is -0.133. The van der Waals surface area contributed by atoms with Crippen molar-refractivity contribution in [1.82, 2.24) is 0 Å². The van der Waals surface area contributed by atoms with E-state index in [4.69, 9.17) is 4.74 Å². The van der Waals surface area contributed by atoms with E-state index in [1.54, 1.807) is 18.2 Å². The molecule has 4 nitrogen and oxygen atoms in total.